The molecule has 0 radical (unpaired) electrons. The third-order valence-electron chi connectivity index (χ3n) is 2.96. The quantitative estimate of drug-likeness (QED) is 0.847. The standard InChI is InChI=1S/C14H18N4O/c1-11(15-2)10-16-14(19)12-4-6-13(7-5-12)18-9-3-8-17-18/h3-9,11,15H,10H2,1-2H3,(H,16,19). The molecule has 0 aliphatic rings. The van der Waals surface area contributed by atoms with E-state index in [1.807, 2.05) is 38.4 Å². The molecule has 0 aliphatic carbocycles. The van der Waals surface area contributed by atoms with Crippen molar-refractivity contribution in [1.29, 1.82) is 0 Å². The highest BCUT2D eigenvalue weighted by molar-refractivity contribution is 5.94. The summed E-state index contributed by atoms with van der Waals surface area (Å²) in [5.74, 6) is -0.0610. The predicted molar refractivity (Wildman–Crippen MR) is 74.4 cm³/mol. The van der Waals surface area contributed by atoms with Gasteiger partial charge in [-0.05, 0) is 44.3 Å². The van der Waals surface area contributed by atoms with Crippen LogP contribution in [0.4, 0.5) is 0 Å². The van der Waals surface area contributed by atoms with Gasteiger partial charge in [0.2, 0.25) is 0 Å². The number of hydrogen-bond acceptors (Lipinski definition) is 3. The number of benzene rings is 1. The van der Waals surface area contributed by atoms with Gasteiger partial charge in [-0.3, -0.25) is 4.79 Å². The first kappa shape index (κ1) is 13.3. The second kappa shape index (κ2) is 6.15. The van der Waals surface area contributed by atoms with Crippen LogP contribution in [0.2, 0.25) is 0 Å². The fourth-order valence-corrected chi connectivity index (χ4v) is 1.64. The molecule has 0 saturated heterocycles. The van der Waals surface area contributed by atoms with Crippen LogP contribution in [0.15, 0.2) is 42.7 Å². The van der Waals surface area contributed by atoms with Crippen LogP contribution >= 0.6 is 0 Å². The number of carbonyl (C=O) groups excluding carboxylic acids is 1. The minimum atomic E-state index is -0.0610. The van der Waals surface area contributed by atoms with Gasteiger partial charge in [-0.15, -0.1) is 0 Å². The molecule has 1 unspecified atom stereocenters. The van der Waals surface area contributed by atoms with E-state index in [1.54, 1.807) is 23.0 Å². The first-order valence-electron chi connectivity index (χ1n) is 6.26. The zero-order valence-electron chi connectivity index (χ0n) is 11.1. The molecule has 0 bridgehead atoms. The van der Waals surface area contributed by atoms with E-state index in [0.717, 1.165) is 5.69 Å². The largest absolute Gasteiger partial charge is 0.350 e. The molecule has 0 fully saturated rings. The number of hydrogen-bond donors (Lipinski definition) is 2. The molecule has 5 heteroatoms. The molecule has 0 spiro atoms. The second-order valence-electron chi connectivity index (χ2n) is 4.40. The average molecular weight is 258 g/mol. The molecule has 19 heavy (non-hydrogen) atoms. The zero-order valence-corrected chi connectivity index (χ0v) is 11.1. The van der Waals surface area contributed by atoms with Crippen molar-refractivity contribution in [1.82, 2.24) is 20.4 Å². The van der Waals surface area contributed by atoms with Crippen molar-refractivity contribution < 1.29 is 4.79 Å². The Morgan fingerprint density at radius 1 is 1.37 bits per heavy atom. The summed E-state index contributed by atoms with van der Waals surface area (Å²) in [5, 5.41) is 10.1. The van der Waals surface area contributed by atoms with Gasteiger partial charge in [-0.2, -0.15) is 5.10 Å². The van der Waals surface area contributed by atoms with Gasteiger partial charge in [0.1, 0.15) is 0 Å². The highest BCUT2D eigenvalue weighted by Crippen LogP contribution is 2.08. The van der Waals surface area contributed by atoms with Gasteiger partial charge >= 0.3 is 0 Å². The molecule has 100 valence electrons. The van der Waals surface area contributed by atoms with E-state index in [4.69, 9.17) is 0 Å². The fraction of sp³-hybridized carbons (Fsp3) is 0.286. The molecule has 1 heterocycles. The van der Waals surface area contributed by atoms with Crippen LogP contribution in [-0.4, -0.2) is 35.3 Å². The summed E-state index contributed by atoms with van der Waals surface area (Å²) in [5.41, 5.74) is 1.59. The molecule has 0 aliphatic heterocycles. The number of carbonyl (C=O) groups is 1. The number of aromatic nitrogens is 2. The van der Waals surface area contributed by atoms with Gasteiger partial charge < -0.3 is 10.6 Å². The van der Waals surface area contributed by atoms with Crippen LogP contribution in [0.1, 0.15) is 17.3 Å². The van der Waals surface area contributed by atoms with E-state index >= 15 is 0 Å². The fourth-order valence-electron chi connectivity index (χ4n) is 1.64. The summed E-state index contributed by atoms with van der Waals surface area (Å²) in [6, 6.07) is 9.48. The summed E-state index contributed by atoms with van der Waals surface area (Å²) in [4.78, 5) is 11.9. The van der Waals surface area contributed by atoms with E-state index in [2.05, 4.69) is 15.7 Å². The average Bonchev–Trinajstić information content (AvgIpc) is 2.98. The Morgan fingerprint density at radius 3 is 2.68 bits per heavy atom. The van der Waals surface area contributed by atoms with E-state index in [-0.39, 0.29) is 11.9 Å². The number of likely N-dealkylation sites (N-methyl/N-ethyl adjacent to an activating group) is 1. The Kier molecular flexibility index (Phi) is 4.30. The second-order valence-corrected chi connectivity index (χ2v) is 4.40. The van der Waals surface area contributed by atoms with Crippen molar-refractivity contribution >= 4 is 5.91 Å². The Labute approximate surface area is 112 Å². The summed E-state index contributed by atoms with van der Waals surface area (Å²) in [6.07, 6.45) is 3.59. The van der Waals surface area contributed by atoms with Crippen LogP contribution in [0.5, 0.6) is 0 Å². The van der Waals surface area contributed by atoms with Gasteiger partial charge in [0.05, 0.1) is 5.69 Å². The summed E-state index contributed by atoms with van der Waals surface area (Å²) in [7, 11) is 1.87. The molecule has 1 aromatic heterocycles. The molecule has 1 atom stereocenters. The van der Waals surface area contributed by atoms with Crippen LogP contribution in [0.3, 0.4) is 0 Å². The van der Waals surface area contributed by atoms with Crippen LogP contribution in [0, 0.1) is 0 Å². The minimum absolute atomic E-state index is 0.0610. The van der Waals surface area contributed by atoms with Crippen LogP contribution in [0.25, 0.3) is 5.69 Å². The number of rotatable bonds is 5. The van der Waals surface area contributed by atoms with Crippen LogP contribution < -0.4 is 10.6 Å². The van der Waals surface area contributed by atoms with Crippen molar-refractivity contribution in [2.24, 2.45) is 0 Å². The van der Waals surface area contributed by atoms with E-state index in [1.165, 1.54) is 0 Å². The molecule has 5 nitrogen and oxygen atoms in total. The van der Waals surface area contributed by atoms with Gasteiger partial charge in [0.25, 0.3) is 5.91 Å². The lowest BCUT2D eigenvalue weighted by molar-refractivity contribution is 0.0950. The Balaban J connectivity index is 2.00. The van der Waals surface area contributed by atoms with Gasteiger partial charge in [0.15, 0.2) is 0 Å². The lowest BCUT2D eigenvalue weighted by atomic mass is 10.2. The molecule has 2 N–H and O–H groups in total. The molecular weight excluding hydrogens is 240 g/mol. The number of amides is 1. The van der Waals surface area contributed by atoms with E-state index < -0.39 is 0 Å². The Morgan fingerprint density at radius 2 is 2.11 bits per heavy atom. The smallest absolute Gasteiger partial charge is 0.251 e. The van der Waals surface area contributed by atoms with E-state index in [0.29, 0.717) is 12.1 Å². The normalized spacial score (nSPS) is 12.1. The maximum atomic E-state index is 11.9. The van der Waals surface area contributed by atoms with Crippen molar-refractivity contribution in [3.63, 3.8) is 0 Å². The predicted octanol–water partition coefficient (Wildman–Crippen LogP) is 1.21. The van der Waals surface area contributed by atoms with Crippen molar-refractivity contribution in [2.45, 2.75) is 13.0 Å². The topological polar surface area (TPSA) is 58.9 Å². The molecule has 0 saturated carbocycles. The van der Waals surface area contributed by atoms with Gasteiger partial charge in [0, 0.05) is 30.5 Å². The Bertz CT molecular complexity index is 519. The summed E-state index contributed by atoms with van der Waals surface area (Å²) < 4.78 is 1.75. The molecule has 2 rings (SSSR count). The maximum absolute atomic E-state index is 11.9. The Hall–Kier alpha value is -2.14. The first-order chi connectivity index (χ1) is 9.20. The number of nitrogens with one attached hydrogen (secondary N) is 2. The minimum Gasteiger partial charge on any atom is -0.350 e. The molecule has 1 aromatic carbocycles. The third kappa shape index (κ3) is 3.42. The van der Waals surface area contributed by atoms with Gasteiger partial charge in [-0.1, -0.05) is 0 Å². The van der Waals surface area contributed by atoms with Crippen molar-refractivity contribution in [3.8, 4) is 5.69 Å². The molecular formula is C14H18N4O. The van der Waals surface area contributed by atoms with Gasteiger partial charge in [-0.25, -0.2) is 4.68 Å². The molecule has 2 aromatic rings. The molecule has 1 amide bonds. The maximum Gasteiger partial charge on any atom is 0.251 e. The lowest BCUT2D eigenvalue weighted by Crippen LogP contribution is -2.37. The summed E-state index contributed by atoms with van der Waals surface area (Å²) in [6.45, 7) is 2.62. The zero-order chi connectivity index (χ0) is 13.7. The van der Waals surface area contributed by atoms with Crippen molar-refractivity contribution in [3.05, 3.63) is 48.3 Å². The highest BCUT2D eigenvalue weighted by Gasteiger charge is 2.07. The third-order valence-corrected chi connectivity index (χ3v) is 2.96. The van der Waals surface area contributed by atoms with E-state index in [9.17, 15) is 4.79 Å². The van der Waals surface area contributed by atoms with Crippen molar-refractivity contribution in [2.75, 3.05) is 13.6 Å². The number of nitrogens with zero attached hydrogens (tertiary/aromatic N) is 2. The first-order valence-corrected chi connectivity index (χ1v) is 6.26. The highest BCUT2D eigenvalue weighted by atomic mass is 16.1. The van der Waals surface area contributed by atoms with Crippen LogP contribution in [-0.2, 0) is 0 Å². The lowest BCUT2D eigenvalue weighted by Gasteiger charge is -2.11. The SMILES string of the molecule is CNC(C)CNC(=O)c1ccc(-n2cccn2)cc1. The monoisotopic (exact) mass is 258 g/mol. The summed E-state index contributed by atoms with van der Waals surface area (Å²) >= 11 is 0.